The maximum absolute atomic E-state index is 10.8. The lowest BCUT2D eigenvalue weighted by Gasteiger charge is -2.08. The van der Waals surface area contributed by atoms with E-state index >= 15 is 0 Å². The summed E-state index contributed by atoms with van der Waals surface area (Å²) in [6.45, 7) is 2.63. The number of pyridine rings is 1. The van der Waals surface area contributed by atoms with Gasteiger partial charge >= 0.3 is 6.03 Å². The fraction of sp³-hybridized carbons (Fsp3) is 0.143. The van der Waals surface area contributed by atoms with Crippen molar-refractivity contribution in [2.24, 2.45) is 5.73 Å². The molecule has 98 valence electrons. The van der Waals surface area contributed by atoms with Gasteiger partial charge in [0.25, 0.3) is 0 Å². The average molecular weight is 256 g/mol. The normalized spacial score (nSPS) is 9.95. The van der Waals surface area contributed by atoms with Crippen LogP contribution in [0.4, 0.5) is 16.2 Å². The number of aromatic nitrogens is 1. The highest BCUT2D eigenvalue weighted by Crippen LogP contribution is 2.15. The molecule has 0 radical (unpaired) electrons. The molecule has 2 aromatic rings. The quantitative estimate of drug-likeness (QED) is 0.786. The van der Waals surface area contributed by atoms with Crippen molar-refractivity contribution < 1.29 is 4.79 Å². The van der Waals surface area contributed by atoms with E-state index in [0.29, 0.717) is 12.2 Å². The molecule has 4 N–H and O–H groups in total. The number of nitrogens with two attached hydrogens (primary N) is 1. The third-order valence-corrected chi connectivity index (χ3v) is 2.58. The van der Waals surface area contributed by atoms with E-state index in [1.54, 1.807) is 6.07 Å². The molecular formula is C14H16N4O. The van der Waals surface area contributed by atoms with Crippen molar-refractivity contribution in [2.45, 2.75) is 13.5 Å². The van der Waals surface area contributed by atoms with Crippen LogP contribution in [0, 0.1) is 6.92 Å². The van der Waals surface area contributed by atoms with Gasteiger partial charge in [0.1, 0.15) is 0 Å². The summed E-state index contributed by atoms with van der Waals surface area (Å²) in [6.07, 6.45) is 1.84. The monoisotopic (exact) mass is 256 g/mol. The number of carbonyl (C=O) groups is 1. The minimum Gasteiger partial charge on any atom is -0.379 e. The topological polar surface area (TPSA) is 80.0 Å². The summed E-state index contributed by atoms with van der Waals surface area (Å²) in [7, 11) is 0. The molecule has 0 atom stereocenters. The van der Waals surface area contributed by atoms with Crippen LogP contribution >= 0.6 is 0 Å². The second-order valence-corrected chi connectivity index (χ2v) is 4.25. The van der Waals surface area contributed by atoms with Gasteiger partial charge in [0.15, 0.2) is 0 Å². The molecule has 19 heavy (non-hydrogen) atoms. The molecule has 0 saturated carbocycles. The summed E-state index contributed by atoms with van der Waals surface area (Å²) < 4.78 is 0. The van der Waals surface area contributed by atoms with Crippen LogP contribution in [0.15, 0.2) is 42.6 Å². The van der Waals surface area contributed by atoms with E-state index in [2.05, 4.69) is 15.6 Å². The number of rotatable bonds is 4. The Morgan fingerprint density at radius 2 is 2.05 bits per heavy atom. The third-order valence-electron chi connectivity index (χ3n) is 2.58. The molecule has 0 saturated heterocycles. The van der Waals surface area contributed by atoms with Crippen LogP contribution in [0.3, 0.4) is 0 Å². The number of anilines is 2. The Morgan fingerprint density at radius 1 is 1.26 bits per heavy atom. The average Bonchev–Trinajstić information content (AvgIpc) is 2.38. The largest absolute Gasteiger partial charge is 0.379 e. The maximum Gasteiger partial charge on any atom is 0.316 e. The van der Waals surface area contributed by atoms with Gasteiger partial charge in [-0.1, -0.05) is 12.1 Å². The first-order valence-corrected chi connectivity index (χ1v) is 5.95. The molecule has 5 nitrogen and oxygen atoms in total. The van der Waals surface area contributed by atoms with Gasteiger partial charge < -0.3 is 16.4 Å². The number of aryl methyl sites for hydroxylation is 1. The summed E-state index contributed by atoms with van der Waals surface area (Å²) in [4.78, 5) is 15.1. The molecule has 1 aromatic carbocycles. The van der Waals surface area contributed by atoms with E-state index in [1.807, 2.05) is 43.5 Å². The number of nitrogens with one attached hydrogen (secondary N) is 2. The minimum atomic E-state index is -0.572. The summed E-state index contributed by atoms with van der Waals surface area (Å²) >= 11 is 0. The molecule has 2 amide bonds. The zero-order chi connectivity index (χ0) is 13.7. The molecule has 0 spiro atoms. The lowest BCUT2D eigenvalue weighted by Crippen LogP contribution is -2.19. The number of amides is 2. The lowest BCUT2D eigenvalue weighted by molar-refractivity contribution is 0.259. The summed E-state index contributed by atoms with van der Waals surface area (Å²) in [6, 6.07) is 10.8. The van der Waals surface area contributed by atoms with Crippen LogP contribution in [0.2, 0.25) is 0 Å². The predicted octanol–water partition coefficient (Wildman–Crippen LogP) is 2.49. The molecule has 1 heterocycles. The van der Waals surface area contributed by atoms with Crippen molar-refractivity contribution in [3.8, 4) is 0 Å². The molecule has 0 aliphatic carbocycles. The van der Waals surface area contributed by atoms with Gasteiger partial charge in [0.05, 0.1) is 12.2 Å². The van der Waals surface area contributed by atoms with Gasteiger partial charge in [-0.15, -0.1) is 0 Å². The van der Waals surface area contributed by atoms with Crippen molar-refractivity contribution in [2.75, 3.05) is 10.6 Å². The zero-order valence-electron chi connectivity index (χ0n) is 10.7. The first-order chi connectivity index (χ1) is 9.13. The van der Waals surface area contributed by atoms with Gasteiger partial charge in [-0.3, -0.25) is 4.98 Å². The number of urea groups is 1. The minimum absolute atomic E-state index is 0.572. The summed E-state index contributed by atoms with van der Waals surface area (Å²) in [5, 5.41) is 5.77. The van der Waals surface area contributed by atoms with Gasteiger partial charge in [-0.05, 0) is 36.8 Å². The van der Waals surface area contributed by atoms with Gasteiger partial charge in [0, 0.05) is 17.6 Å². The lowest BCUT2D eigenvalue weighted by atomic mass is 10.2. The fourth-order valence-electron chi connectivity index (χ4n) is 1.64. The zero-order valence-corrected chi connectivity index (χ0v) is 10.7. The highest BCUT2D eigenvalue weighted by atomic mass is 16.2. The summed E-state index contributed by atoms with van der Waals surface area (Å²) in [5.74, 6) is 0. The van der Waals surface area contributed by atoms with Crippen molar-refractivity contribution in [1.29, 1.82) is 0 Å². The summed E-state index contributed by atoms with van der Waals surface area (Å²) in [5.41, 5.74) is 8.72. The molecular weight excluding hydrogens is 240 g/mol. The molecule has 0 unspecified atom stereocenters. The number of hydrogen-bond donors (Lipinski definition) is 3. The Labute approximate surface area is 111 Å². The number of carbonyl (C=O) groups excluding carboxylic acids is 1. The van der Waals surface area contributed by atoms with Crippen LogP contribution in [-0.2, 0) is 6.54 Å². The standard InChI is InChI=1S/C14H16N4O/c1-10-5-6-13(16-8-10)9-17-11-3-2-4-12(7-11)18-14(15)19/h2-8,17H,9H2,1H3,(H3,15,18,19). The highest BCUT2D eigenvalue weighted by Gasteiger charge is 1.99. The molecule has 0 bridgehead atoms. The van der Waals surface area contributed by atoms with Crippen LogP contribution in [0.5, 0.6) is 0 Å². The first kappa shape index (κ1) is 12.9. The van der Waals surface area contributed by atoms with E-state index < -0.39 is 6.03 Å². The first-order valence-electron chi connectivity index (χ1n) is 5.95. The van der Waals surface area contributed by atoms with Gasteiger partial charge in [-0.2, -0.15) is 0 Å². The second-order valence-electron chi connectivity index (χ2n) is 4.25. The number of nitrogens with zero attached hydrogens (tertiary/aromatic N) is 1. The molecule has 1 aromatic heterocycles. The van der Waals surface area contributed by atoms with Crippen molar-refractivity contribution in [1.82, 2.24) is 4.98 Å². The Morgan fingerprint density at radius 3 is 2.74 bits per heavy atom. The molecule has 2 rings (SSSR count). The van der Waals surface area contributed by atoms with E-state index in [-0.39, 0.29) is 0 Å². The second kappa shape index (κ2) is 5.86. The van der Waals surface area contributed by atoms with Crippen LogP contribution in [0.1, 0.15) is 11.3 Å². The van der Waals surface area contributed by atoms with Crippen LogP contribution in [-0.4, -0.2) is 11.0 Å². The molecule has 0 aliphatic heterocycles. The SMILES string of the molecule is Cc1ccc(CNc2cccc(NC(N)=O)c2)nc1. The fourth-order valence-corrected chi connectivity index (χ4v) is 1.64. The Hall–Kier alpha value is -2.56. The van der Waals surface area contributed by atoms with E-state index in [9.17, 15) is 4.79 Å². The third kappa shape index (κ3) is 3.99. The van der Waals surface area contributed by atoms with E-state index in [4.69, 9.17) is 5.73 Å². The molecule has 5 heteroatoms. The smallest absolute Gasteiger partial charge is 0.316 e. The Bertz CT molecular complexity index is 566. The number of benzene rings is 1. The van der Waals surface area contributed by atoms with E-state index in [0.717, 1.165) is 16.9 Å². The van der Waals surface area contributed by atoms with Crippen molar-refractivity contribution in [3.63, 3.8) is 0 Å². The molecule has 0 aliphatic rings. The number of hydrogen-bond acceptors (Lipinski definition) is 3. The number of primary amides is 1. The maximum atomic E-state index is 10.8. The Kier molecular flexibility index (Phi) is 3.97. The Balaban J connectivity index is 1.99. The van der Waals surface area contributed by atoms with Gasteiger partial charge in [-0.25, -0.2) is 4.79 Å². The van der Waals surface area contributed by atoms with Gasteiger partial charge in [0.2, 0.25) is 0 Å². The molecule has 0 fully saturated rings. The predicted molar refractivity (Wildman–Crippen MR) is 75.9 cm³/mol. The van der Waals surface area contributed by atoms with E-state index in [1.165, 1.54) is 0 Å². The highest BCUT2D eigenvalue weighted by molar-refractivity contribution is 5.88. The van der Waals surface area contributed by atoms with Crippen LogP contribution < -0.4 is 16.4 Å². The van der Waals surface area contributed by atoms with Crippen LogP contribution in [0.25, 0.3) is 0 Å². The van der Waals surface area contributed by atoms with Crippen molar-refractivity contribution in [3.05, 3.63) is 53.9 Å². The van der Waals surface area contributed by atoms with Crippen molar-refractivity contribution >= 4 is 17.4 Å².